The van der Waals surface area contributed by atoms with Crippen LogP contribution >= 0.6 is 23.4 Å². The van der Waals surface area contributed by atoms with Gasteiger partial charge in [-0.15, -0.1) is 11.8 Å². The van der Waals surface area contributed by atoms with E-state index in [1.165, 1.54) is 16.8 Å². The Kier molecular flexibility index (Phi) is 7.26. The van der Waals surface area contributed by atoms with E-state index < -0.39 is 0 Å². The lowest BCUT2D eigenvalue weighted by atomic mass is 9.76. The summed E-state index contributed by atoms with van der Waals surface area (Å²) in [6.45, 7) is 1.94. The Hall–Kier alpha value is -3.02. The average molecular weight is 502 g/mol. The highest BCUT2D eigenvalue weighted by molar-refractivity contribution is 7.99. The first-order chi connectivity index (χ1) is 17.1. The van der Waals surface area contributed by atoms with E-state index in [0.717, 1.165) is 34.0 Å². The minimum absolute atomic E-state index is 0.104. The zero-order valence-corrected chi connectivity index (χ0v) is 21.2. The average Bonchev–Trinajstić information content (AvgIpc) is 3.39. The van der Waals surface area contributed by atoms with E-state index in [1.54, 1.807) is 11.8 Å². The van der Waals surface area contributed by atoms with Crippen LogP contribution in [0, 0.1) is 5.92 Å². The van der Waals surface area contributed by atoms with Crippen molar-refractivity contribution in [2.75, 3.05) is 11.1 Å². The van der Waals surface area contributed by atoms with Gasteiger partial charge in [-0.3, -0.25) is 4.79 Å². The van der Waals surface area contributed by atoms with E-state index in [4.69, 9.17) is 11.6 Å². The van der Waals surface area contributed by atoms with Crippen LogP contribution in [0.5, 0.6) is 0 Å². The molecule has 1 aliphatic heterocycles. The quantitative estimate of drug-likeness (QED) is 0.209. The van der Waals surface area contributed by atoms with Crippen LogP contribution in [0.15, 0.2) is 90.0 Å². The number of nitrogens with zero attached hydrogens (tertiary/aromatic N) is 1. The first-order valence-electron chi connectivity index (χ1n) is 11.9. The number of hydrogen-bond acceptors (Lipinski definition) is 4. The summed E-state index contributed by atoms with van der Waals surface area (Å²) in [5, 5.41) is 8.87. The Morgan fingerprint density at radius 1 is 1.11 bits per heavy atom. The normalized spacial score (nSPS) is 20.6. The van der Waals surface area contributed by atoms with E-state index in [-0.39, 0.29) is 5.91 Å². The number of amides is 1. The van der Waals surface area contributed by atoms with Gasteiger partial charge in [-0.25, -0.2) is 5.43 Å². The smallest absolute Gasteiger partial charge is 0.250 e. The first kappa shape index (κ1) is 23.7. The number of carbonyl (C=O) groups is 1. The summed E-state index contributed by atoms with van der Waals surface area (Å²) in [7, 11) is 0. The van der Waals surface area contributed by atoms with Gasteiger partial charge in [-0.1, -0.05) is 72.3 Å². The van der Waals surface area contributed by atoms with Crippen LogP contribution in [0.3, 0.4) is 0 Å². The minimum atomic E-state index is -0.104. The zero-order valence-electron chi connectivity index (χ0n) is 19.6. The Morgan fingerprint density at radius 3 is 2.71 bits per heavy atom. The number of halogens is 1. The molecule has 4 nitrogen and oxygen atoms in total. The third-order valence-corrected chi connectivity index (χ3v) is 7.96. The number of rotatable bonds is 7. The molecule has 3 unspecified atom stereocenters. The second-order valence-electron chi connectivity index (χ2n) is 9.04. The van der Waals surface area contributed by atoms with E-state index in [2.05, 4.69) is 76.5 Å². The Bertz CT molecular complexity index is 1260. The monoisotopic (exact) mass is 501 g/mol. The number of hydrazone groups is 1. The van der Waals surface area contributed by atoms with Gasteiger partial charge in [0, 0.05) is 22.4 Å². The molecule has 3 aromatic rings. The summed E-state index contributed by atoms with van der Waals surface area (Å²) in [6.07, 6.45) is 5.71. The summed E-state index contributed by atoms with van der Waals surface area (Å²) >= 11 is 7.48. The van der Waals surface area contributed by atoms with Crippen molar-refractivity contribution in [1.29, 1.82) is 0 Å². The van der Waals surface area contributed by atoms with Crippen LogP contribution < -0.4 is 10.7 Å². The maximum Gasteiger partial charge on any atom is 0.250 e. The SMILES string of the molecule is CC(=NNC(=O)CSCc1ccc(Cl)cc1)c1ccc2c(c1)C1C=CCC1C(c1ccccc1)N2. The number of fused-ring (bicyclic) bond motifs is 3. The first-order valence-corrected chi connectivity index (χ1v) is 13.4. The molecule has 6 heteroatoms. The van der Waals surface area contributed by atoms with Crippen molar-refractivity contribution in [1.82, 2.24) is 5.43 Å². The van der Waals surface area contributed by atoms with Crippen LogP contribution in [0.2, 0.25) is 5.02 Å². The van der Waals surface area contributed by atoms with Gasteiger partial charge in [0.25, 0.3) is 0 Å². The molecule has 2 N–H and O–H groups in total. The van der Waals surface area contributed by atoms with E-state index in [0.29, 0.717) is 23.6 Å². The topological polar surface area (TPSA) is 53.5 Å². The number of benzene rings is 3. The van der Waals surface area contributed by atoms with E-state index >= 15 is 0 Å². The van der Waals surface area contributed by atoms with Gasteiger partial charge in [-0.05, 0) is 65.8 Å². The standard InChI is InChI=1S/C29H28ClN3OS/c1-19(32-33-28(34)18-35-17-20-10-13-23(30)14-11-20)22-12-15-27-26(16-22)24-8-5-9-25(24)29(31-27)21-6-3-2-4-7-21/h2-8,10-16,24-25,29,31H,9,17-18H2,1H3,(H,33,34). The predicted octanol–water partition coefficient (Wildman–Crippen LogP) is 6.94. The maximum atomic E-state index is 12.3. The second kappa shape index (κ2) is 10.7. The fourth-order valence-electron chi connectivity index (χ4n) is 4.90. The van der Waals surface area contributed by atoms with Crippen molar-refractivity contribution < 1.29 is 4.79 Å². The predicted molar refractivity (Wildman–Crippen MR) is 147 cm³/mol. The number of nitrogens with one attached hydrogen (secondary N) is 2. The van der Waals surface area contributed by atoms with Crippen molar-refractivity contribution in [2.24, 2.45) is 11.0 Å². The molecule has 0 saturated heterocycles. The van der Waals surface area contributed by atoms with Crippen LogP contribution in [-0.2, 0) is 10.5 Å². The van der Waals surface area contributed by atoms with Gasteiger partial charge in [0.1, 0.15) is 0 Å². The summed E-state index contributed by atoms with van der Waals surface area (Å²) in [4.78, 5) is 12.3. The van der Waals surface area contributed by atoms with Gasteiger partial charge in [0.15, 0.2) is 0 Å². The summed E-state index contributed by atoms with van der Waals surface area (Å²) < 4.78 is 0. The molecule has 0 radical (unpaired) electrons. The molecule has 1 heterocycles. The Balaban J connectivity index is 1.23. The van der Waals surface area contributed by atoms with Crippen molar-refractivity contribution in [3.63, 3.8) is 0 Å². The summed E-state index contributed by atoms with van der Waals surface area (Å²) in [5.41, 5.74) is 9.47. The zero-order chi connectivity index (χ0) is 24.2. The molecule has 35 heavy (non-hydrogen) atoms. The maximum absolute atomic E-state index is 12.3. The fraction of sp³-hybridized carbons (Fsp3) is 0.241. The lowest BCUT2D eigenvalue weighted by Crippen LogP contribution is -2.29. The molecular formula is C29H28ClN3OS. The van der Waals surface area contributed by atoms with Crippen LogP contribution in [0.4, 0.5) is 5.69 Å². The molecule has 0 bridgehead atoms. The molecule has 3 atom stereocenters. The number of allylic oxidation sites excluding steroid dienone is 2. The molecule has 3 aromatic carbocycles. The Labute approximate surface area is 215 Å². The highest BCUT2D eigenvalue weighted by Crippen LogP contribution is 2.49. The molecule has 1 amide bonds. The molecule has 0 spiro atoms. The number of anilines is 1. The highest BCUT2D eigenvalue weighted by Gasteiger charge is 2.37. The van der Waals surface area contributed by atoms with Crippen molar-refractivity contribution in [2.45, 2.75) is 31.1 Å². The number of carbonyl (C=O) groups excluding carboxylic acids is 1. The lowest BCUT2D eigenvalue weighted by Gasteiger charge is -2.37. The molecule has 1 aliphatic carbocycles. The van der Waals surface area contributed by atoms with Gasteiger partial charge in [0.05, 0.1) is 17.5 Å². The van der Waals surface area contributed by atoms with Gasteiger partial charge in [-0.2, -0.15) is 5.10 Å². The number of thioether (sulfide) groups is 1. The lowest BCUT2D eigenvalue weighted by molar-refractivity contribution is -0.118. The third-order valence-electron chi connectivity index (χ3n) is 6.70. The molecule has 2 aliphatic rings. The Morgan fingerprint density at radius 2 is 1.91 bits per heavy atom. The summed E-state index contributed by atoms with van der Waals surface area (Å²) in [5.74, 6) is 1.87. The molecule has 178 valence electrons. The molecular weight excluding hydrogens is 474 g/mol. The minimum Gasteiger partial charge on any atom is -0.378 e. The van der Waals surface area contributed by atoms with Crippen molar-refractivity contribution in [3.8, 4) is 0 Å². The second-order valence-corrected chi connectivity index (χ2v) is 10.5. The van der Waals surface area contributed by atoms with Gasteiger partial charge in [0.2, 0.25) is 5.91 Å². The largest absolute Gasteiger partial charge is 0.378 e. The summed E-state index contributed by atoms with van der Waals surface area (Å²) in [6, 6.07) is 25.1. The van der Waals surface area contributed by atoms with Gasteiger partial charge < -0.3 is 5.32 Å². The highest BCUT2D eigenvalue weighted by atomic mass is 35.5. The molecule has 0 saturated carbocycles. The van der Waals surface area contributed by atoms with Gasteiger partial charge >= 0.3 is 0 Å². The van der Waals surface area contributed by atoms with Crippen molar-refractivity contribution in [3.05, 3.63) is 112 Å². The molecule has 5 rings (SSSR count). The number of hydrogen-bond donors (Lipinski definition) is 2. The van der Waals surface area contributed by atoms with E-state index in [1.807, 2.05) is 31.2 Å². The van der Waals surface area contributed by atoms with Crippen LogP contribution in [0.25, 0.3) is 0 Å². The third kappa shape index (κ3) is 5.47. The van der Waals surface area contributed by atoms with Crippen LogP contribution in [0.1, 0.15) is 47.6 Å². The van der Waals surface area contributed by atoms with Crippen molar-refractivity contribution >= 4 is 40.7 Å². The fourth-order valence-corrected chi connectivity index (χ4v) is 5.80. The molecule has 0 fully saturated rings. The van der Waals surface area contributed by atoms with E-state index in [9.17, 15) is 4.79 Å². The van der Waals surface area contributed by atoms with Crippen LogP contribution in [-0.4, -0.2) is 17.4 Å². The molecule has 0 aromatic heterocycles.